The molecule has 2 aromatic carbocycles. The molecule has 2 aromatic heterocycles. The number of ether oxygens (including phenoxy) is 1. The van der Waals surface area contributed by atoms with E-state index in [-0.39, 0.29) is 17.1 Å². The average molecular weight is 508 g/mol. The van der Waals surface area contributed by atoms with Crippen LogP contribution in [0.1, 0.15) is 29.9 Å². The van der Waals surface area contributed by atoms with E-state index in [0.29, 0.717) is 38.5 Å². The Bertz CT molecular complexity index is 1500. The monoisotopic (exact) mass is 507 g/mol. The van der Waals surface area contributed by atoms with Crippen molar-refractivity contribution < 1.29 is 9.13 Å². The third-order valence-electron chi connectivity index (χ3n) is 6.57. The van der Waals surface area contributed by atoms with Crippen molar-refractivity contribution >= 4 is 28.2 Å². The molecular weight excluding hydrogens is 481 g/mol. The zero-order valence-electron chi connectivity index (χ0n) is 20.1. The van der Waals surface area contributed by atoms with Crippen LogP contribution in [0.5, 0.6) is 0 Å². The van der Waals surface area contributed by atoms with Crippen molar-refractivity contribution in [1.82, 2.24) is 19.9 Å². The van der Waals surface area contributed by atoms with Crippen molar-refractivity contribution in [2.24, 2.45) is 0 Å². The van der Waals surface area contributed by atoms with E-state index in [0.717, 1.165) is 38.2 Å². The number of aromatic nitrogens is 3. The van der Waals surface area contributed by atoms with Gasteiger partial charge >= 0.3 is 0 Å². The van der Waals surface area contributed by atoms with E-state index in [2.05, 4.69) is 25.9 Å². The summed E-state index contributed by atoms with van der Waals surface area (Å²) in [5.41, 5.74) is 9.90. The van der Waals surface area contributed by atoms with Gasteiger partial charge in [-0.3, -0.25) is 4.79 Å². The summed E-state index contributed by atoms with van der Waals surface area (Å²) >= 11 is 6.31. The molecule has 1 aliphatic rings. The number of pyridine rings is 1. The summed E-state index contributed by atoms with van der Waals surface area (Å²) in [6.07, 6.45) is 3.37. The predicted octanol–water partition coefficient (Wildman–Crippen LogP) is 4.98. The number of nitrogens with two attached hydrogens (primary N) is 1. The molecular formula is C27H27ClFN5O2. The topological polar surface area (TPSA) is 97.1 Å². The zero-order chi connectivity index (χ0) is 25.4. The number of nitrogen functional groups attached to an aromatic ring is 1. The van der Waals surface area contributed by atoms with E-state index in [1.165, 1.54) is 11.8 Å². The van der Waals surface area contributed by atoms with Crippen LogP contribution in [0.15, 0.2) is 47.4 Å². The Kier molecular flexibility index (Phi) is 6.75. The SMILES string of the molecule is CN(C)Cc1cc(-c2nc(-c3ccc4c(=O)[nH]cc(Cl)c4c3)c(N)nc2F)ccc1C1CCOCC1. The second-order valence-electron chi connectivity index (χ2n) is 9.36. The first kappa shape index (κ1) is 24.4. The van der Waals surface area contributed by atoms with Gasteiger partial charge in [-0.05, 0) is 62.2 Å². The van der Waals surface area contributed by atoms with Crippen LogP contribution in [-0.2, 0) is 11.3 Å². The number of nitrogens with zero attached hydrogens (tertiary/aromatic N) is 3. The van der Waals surface area contributed by atoms with Gasteiger partial charge in [0.1, 0.15) is 11.4 Å². The van der Waals surface area contributed by atoms with Crippen LogP contribution in [0.25, 0.3) is 33.3 Å². The maximum atomic E-state index is 15.1. The fourth-order valence-corrected chi connectivity index (χ4v) is 5.04. The van der Waals surface area contributed by atoms with Gasteiger partial charge in [-0.15, -0.1) is 0 Å². The average Bonchev–Trinajstić information content (AvgIpc) is 2.86. The summed E-state index contributed by atoms with van der Waals surface area (Å²) in [5.74, 6) is -0.365. The predicted molar refractivity (Wildman–Crippen MR) is 141 cm³/mol. The standard InChI is InChI=1S/C27H27ClFN5O2/c1-34(2)14-18-11-16(3-5-19(18)15-7-9-36-10-8-15)23-25(29)33-26(30)24(32-23)17-4-6-20-21(12-17)22(28)13-31-27(20)35/h3-6,11-13,15H,7-10,14H2,1-2H3,(H2,30,33)(H,31,35). The van der Waals surface area contributed by atoms with Gasteiger partial charge in [-0.2, -0.15) is 9.37 Å². The second-order valence-corrected chi connectivity index (χ2v) is 9.77. The van der Waals surface area contributed by atoms with Gasteiger partial charge < -0.3 is 20.4 Å². The Balaban J connectivity index is 1.61. The number of anilines is 1. The summed E-state index contributed by atoms with van der Waals surface area (Å²) in [6, 6.07) is 11.0. The number of aromatic amines is 1. The molecule has 1 aliphatic heterocycles. The molecule has 5 rings (SSSR count). The quantitative estimate of drug-likeness (QED) is 0.395. The Hall–Kier alpha value is -3.33. The summed E-state index contributed by atoms with van der Waals surface area (Å²) in [4.78, 5) is 25.4. The lowest BCUT2D eigenvalue weighted by Crippen LogP contribution is -2.18. The highest BCUT2D eigenvalue weighted by Crippen LogP contribution is 2.35. The van der Waals surface area contributed by atoms with E-state index >= 15 is 4.39 Å². The first-order valence-corrected chi connectivity index (χ1v) is 12.2. The van der Waals surface area contributed by atoms with Crippen LogP contribution < -0.4 is 11.3 Å². The Morgan fingerprint density at radius 3 is 2.56 bits per heavy atom. The summed E-state index contributed by atoms with van der Waals surface area (Å²) in [6.45, 7) is 2.21. The smallest absolute Gasteiger partial charge is 0.255 e. The third kappa shape index (κ3) is 4.72. The largest absolute Gasteiger partial charge is 0.382 e. The fourth-order valence-electron chi connectivity index (χ4n) is 4.83. The molecule has 0 bridgehead atoms. The molecule has 1 saturated heterocycles. The van der Waals surface area contributed by atoms with Gasteiger partial charge in [0.15, 0.2) is 5.82 Å². The Morgan fingerprint density at radius 2 is 1.81 bits per heavy atom. The molecule has 4 aromatic rings. The first-order chi connectivity index (χ1) is 17.3. The van der Waals surface area contributed by atoms with Gasteiger partial charge in [0.2, 0.25) is 5.95 Å². The van der Waals surface area contributed by atoms with Gasteiger partial charge in [0.25, 0.3) is 5.56 Å². The van der Waals surface area contributed by atoms with Crippen molar-refractivity contribution in [2.45, 2.75) is 25.3 Å². The van der Waals surface area contributed by atoms with Gasteiger partial charge in [-0.1, -0.05) is 29.8 Å². The van der Waals surface area contributed by atoms with Crippen molar-refractivity contribution in [1.29, 1.82) is 0 Å². The van der Waals surface area contributed by atoms with Crippen molar-refractivity contribution in [3.05, 3.63) is 75.0 Å². The van der Waals surface area contributed by atoms with Crippen LogP contribution in [-0.4, -0.2) is 47.2 Å². The minimum atomic E-state index is -0.735. The molecule has 0 spiro atoms. The molecule has 0 aliphatic carbocycles. The maximum Gasteiger partial charge on any atom is 0.255 e. The molecule has 0 atom stereocenters. The molecule has 9 heteroatoms. The highest BCUT2D eigenvalue weighted by molar-refractivity contribution is 6.35. The number of benzene rings is 2. The Morgan fingerprint density at radius 1 is 1.08 bits per heavy atom. The number of H-pyrrole nitrogens is 1. The molecule has 3 heterocycles. The van der Waals surface area contributed by atoms with Crippen LogP contribution in [0.2, 0.25) is 5.02 Å². The van der Waals surface area contributed by atoms with E-state index in [9.17, 15) is 4.79 Å². The maximum absolute atomic E-state index is 15.1. The van der Waals surface area contributed by atoms with Crippen LogP contribution in [0, 0.1) is 5.95 Å². The number of fused-ring (bicyclic) bond motifs is 1. The number of nitrogens with one attached hydrogen (secondary N) is 1. The minimum absolute atomic E-state index is 0.0381. The van der Waals surface area contributed by atoms with E-state index in [4.69, 9.17) is 22.1 Å². The van der Waals surface area contributed by atoms with Gasteiger partial charge in [0, 0.05) is 47.9 Å². The Labute approximate surface area is 213 Å². The van der Waals surface area contributed by atoms with E-state index < -0.39 is 5.95 Å². The number of rotatable bonds is 5. The van der Waals surface area contributed by atoms with Crippen molar-refractivity contribution in [3.63, 3.8) is 0 Å². The lowest BCUT2D eigenvalue weighted by atomic mass is 9.87. The number of hydrogen-bond acceptors (Lipinski definition) is 6. The fraction of sp³-hybridized carbons (Fsp3) is 0.296. The summed E-state index contributed by atoms with van der Waals surface area (Å²) < 4.78 is 20.6. The second kappa shape index (κ2) is 9.97. The van der Waals surface area contributed by atoms with Gasteiger partial charge in [0.05, 0.1) is 5.02 Å². The number of hydrogen-bond donors (Lipinski definition) is 2. The molecule has 186 valence electrons. The highest BCUT2D eigenvalue weighted by atomic mass is 35.5. The molecule has 1 fully saturated rings. The van der Waals surface area contributed by atoms with E-state index in [1.807, 2.05) is 26.2 Å². The summed E-state index contributed by atoms with van der Waals surface area (Å²) in [5, 5.41) is 1.38. The molecule has 3 N–H and O–H groups in total. The molecule has 0 radical (unpaired) electrons. The lowest BCUT2D eigenvalue weighted by molar-refractivity contribution is 0.0850. The molecule has 36 heavy (non-hydrogen) atoms. The molecule has 7 nitrogen and oxygen atoms in total. The third-order valence-corrected chi connectivity index (χ3v) is 6.88. The zero-order valence-corrected chi connectivity index (χ0v) is 20.9. The molecule has 0 saturated carbocycles. The van der Waals surface area contributed by atoms with E-state index in [1.54, 1.807) is 18.2 Å². The minimum Gasteiger partial charge on any atom is -0.382 e. The van der Waals surface area contributed by atoms with Crippen LogP contribution in [0.3, 0.4) is 0 Å². The molecule has 0 amide bonds. The van der Waals surface area contributed by atoms with Gasteiger partial charge in [-0.25, -0.2) is 4.98 Å². The normalized spacial score (nSPS) is 14.6. The van der Waals surface area contributed by atoms with Crippen LogP contribution in [0.4, 0.5) is 10.2 Å². The molecule has 0 unspecified atom stereocenters. The van der Waals surface area contributed by atoms with Crippen LogP contribution >= 0.6 is 11.6 Å². The summed E-state index contributed by atoms with van der Waals surface area (Å²) in [7, 11) is 4.02. The first-order valence-electron chi connectivity index (χ1n) is 11.8. The number of halogens is 2. The lowest BCUT2D eigenvalue weighted by Gasteiger charge is -2.26. The van der Waals surface area contributed by atoms with Crippen molar-refractivity contribution in [3.8, 4) is 22.5 Å². The van der Waals surface area contributed by atoms with Crippen molar-refractivity contribution in [2.75, 3.05) is 33.0 Å². The highest BCUT2D eigenvalue weighted by Gasteiger charge is 2.22.